The predicted molar refractivity (Wildman–Crippen MR) is 143 cm³/mol. The van der Waals surface area contributed by atoms with Crippen molar-refractivity contribution in [3.63, 3.8) is 0 Å². The van der Waals surface area contributed by atoms with Crippen molar-refractivity contribution in [3.8, 4) is 16.2 Å². The minimum absolute atomic E-state index is 0.00467. The summed E-state index contributed by atoms with van der Waals surface area (Å²) in [7, 11) is 0. The van der Waals surface area contributed by atoms with Gasteiger partial charge in [-0.25, -0.2) is 14.4 Å². The highest BCUT2D eigenvalue weighted by Gasteiger charge is 2.11. The van der Waals surface area contributed by atoms with Gasteiger partial charge in [-0.3, -0.25) is 4.79 Å². The number of halogens is 2. The molecule has 4 N–H and O–H groups in total. The number of anilines is 4. The number of carbonyl (C=O) groups excluding carboxylic acids is 1. The Morgan fingerprint density at radius 1 is 1.08 bits per heavy atom. The van der Waals surface area contributed by atoms with E-state index in [0.29, 0.717) is 39.5 Å². The molecule has 0 radical (unpaired) electrons. The lowest BCUT2D eigenvalue weighted by atomic mass is 10.1. The maximum absolute atomic E-state index is 13.5. The number of hydrogen-bond acceptors (Lipinski definition) is 7. The summed E-state index contributed by atoms with van der Waals surface area (Å²) in [5.41, 5.74) is 9.23. The molecule has 3 aromatic carbocycles. The number of carbonyl (C=O) groups is 1. The summed E-state index contributed by atoms with van der Waals surface area (Å²) in [6, 6.07) is 19.0. The number of nitrogen functional groups attached to an aromatic ring is 1. The number of rotatable bonds is 7. The topological polar surface area (TPSA) is 102 Å². The molecule has 0 aliphatic carbocycles. The lowest BCUT2D eigenvalue weighted by Crippen LogP contribution is -2.20. The third-order valence-electron chi connectivity index (χ3n) is 5.29. The van der Waals surface area contributed by atoms with Crippen LogP contribution in [0.15, 0.2) is 78.4 Å². The van der Waals surface area contributed by atoms with Crippen LogP contribution in [-0.4, -0.2) is 22.5 Å². The molecule has 5 rings (SSSR count). The number of nitrogens with two attached hydrogens (primary N) is 1. The first-order chi connectivity index (χ1) is 17.5. The lowest BCUT2D eigenvalue weighted by molar-refractivity contribution is -0.118. The SMILES string of the molecule is Nc1ccc(-c2cccs2)cc1NC(=O)COc1ccc2ncnc(Nc3ccc(F)c(Cl)c3)c2c1. The molecule has 0 fully saturated rings. The minimum Gasteiger partial charge on any atom is -0.484 e. The van der Waals surface area contributed by atoms with Gasteiger partial charge in [0.15, 0.2) is 6.61 Å². The Morgan fingerprint density at radius 2 is 1.97 bits per heavy atom. The predicted octanol–water partition coefficient (Wildman–Crippen LogP) is 6.49. The van der Waals surface area contributed by atoms with Crippen molar-refractivity contribution in [2.45, 2.75) is 0 Å². The van der Waals surface area contributed by atoms with Gasteiger partial charge in [-0.15, -0.1) is 11.3 Å². The van der Waals surface area contributed by atoms with Crippen molar-refractivity contribution in [1.82, 2.24) is 9.97 Å². The smallest absolute Gasteiger partial charge is 0.262 e. The summed E-state index contributed by atoms with van der Waals surface area (Å²) < 4.78 is 19.2. The van der Waals surface area contributed by atoms with E-state index in [4.69, 9.17) is 22.1 Å². The molecule has 10 heteroatoms. The van der Waals surface area contributed by atoms with Gasteiger partial charge in [0.1, 0.15) is 23.7 Å². The summed E-state index contributed by atoms with van der Waals surface area (Å²) >= 11 is 7.49. The number of fused-ring (bicyclic) bond motifs is 1. The summed E-state index contributed by atoms with van der Waals surface area (Å²) in [5, 5.41) is 8.56. The third-order valence-corrected chi connectivity index (χ3v) is 6.50. The number of nitrogens with one attached hydrogen (secondary N) is 2. The normalized spacial score (nSPS) is 10.8. The second kappa shape index (κ2) is 10.2. The largest absolute Gasteiger partial charge is 0.484 e. The number of benzene rings is 3. The second-order valence-electron chi connectivity index (χ2n) is 7.77. The number of ether oxygens (including phenoxy) is 1. The monoisotopic (exact) mass is 519 g/mol. The maximum Gasteiger partial charge on any atom is 0.262 e. The first-order valence-electron chi connectivity index (χ1n) is 10.8. The molecule has 2 aromatic heterocycles. The fraction of sp³-hybridized carbons (Fsp3) is 0.0385. The van der Waals surface area contributed by atoms with Crippen LogP contribution in [0.5, 0.6) is 5.75 Å². The first kappa shape index (κ1) is 23.5. The van der Waals surface area contributed by atoms with Crippen LogP contribution in [0, 0.1) is 5.82 Å². The molecule has 180 valence electrons. The molecule has 5 aromatic rings. The molecule has 1 amide bonds. The zero-order valence-corrected chi connectivity index (χ0v) is 20.2. The van der Waals surface area contributed by atoms with Gasteiger partial charge in [-0.1, -0.05) is 23.7 Å². The molecule has 7 nitrogen and oxygen atoms in total. The molecule has 0 aliphatic heterocycles. The van der Waals surface area contributed by atoms with Crippen molar-refractivity contribution in [1.29, 1.82) is 0 Å². The average Bonchev–Trinajstić information content (AvgIpc) is 3.42. The Bertz CT molecular complexity index is 1560. The summed E-state index contributed by atoms with van der Waals surface area (Å²) in [6.45, 7) is -0.224. The van der Waals surface area contributed by atoms with E-state index in [1.165, 1.54) is 18.5 Å². The Hall–Kier alpha value is -4.21. The van der Waals surface area contributed by atoms with Gasteiger partial charge in [-0.2, -0.15) is 0 Å². The Kier molecular flexibility index (Phi) is 6.66. The van der Waals surface area contributed by atoms with Gasteiger partial charge in [0, 0.05) is 16.0 Å². The van der Waals surface area contributed by atoms with Crippen molar-refractivity contribution in [3.05, 3.63) is 89.3 Å². The Morgan fingerprint density at radius 3 is 2.78 bits per heavy atom. The van der Waals surface area contributed by atoms with Crippen LogP contribution in [0.4, 0.5) is 27.3 Å². The van der Waals surface area contributed by atoms with Crippen LogP contribution in [0.1, 0.15) is 0 Å². The lowest BCUT2D eigenvalue weighted by Gasteiger charge is -2.12. The number of aromatic nitrogens is 2. The van der Waals surface area contributed by atoms with E-state index in [9.17, 15) is 9.18 Å². The summed E-state index contributed by atoms with van der Waals surface area (Å²) in [6.07, 6.45) is 1.42. The van der Waals surface area contributed by atoms with Crippen LogP contribution in [-0.2, 0) is 4.79 Å². The molecule has 0 saturated carbocycles. The number of hydrogen-bond donors (Lipinski definition) is 3. The fourth-order valence-corrected chi connectivity index (χ4v) is 4.44. The van der Waals surface area contributed by atoms with Gasteiger partial charge in [-0.05, 0) is 65.5 Å². The van der Waals surface area contributed by atoms with E-state index in [0.717, 1.165) is 10.4 Å². The van der Waals surface area contributed by atoms with Gasteiger partial charge in [0.05, 0.1) is 21.9 Å². The van der Waals surface area contributed by atoms with Crippen LogP contribution >= 0.6 is 22.9 Å². The number of thiophene rings is 1. The fourth-order valence-electron chi connectivity index (χ4n) is 3.53. The van der Waals surface area contributed by atoms with Gasteiger partial charge >= 0.3 is 0 Å². The van der Waals surface area contributed by atoms with Crippen LogP contribution in [0.3, 0.4) is 0 Å². The van der Waals surface area contributed by atoms with E-state index in [2.05, 4.69) is 20.6 Å². The van der Waals surface area contributed by atoms with E-state index >= 15 is 0 Å². The first-order valence-corrected chi connectivity index (χ1v) is 12.0. The van der Waals surface area contributed by atoms with Crippen molar-refractivity contribution in [2.75, 3.05) is 23.0 Å². The highest BCUT2D eigenvalue weighted by atomic mass is 35.5. The van der Waals surface area contributed by atoms with Crippen LogP contribution < -0.4 is 21.1 Å². The molecule has 0 bridgehead atoms. The highest BCUT2D eigenvalue weighted by Crippen LogP contribution is 2.31. The molecule has 0 unspecified atom stereocenters. The highest BCUT2D eigenvalue weighted by molar-refractivity contribution is 7.13. The summed E-state index contributed by atoms with van der Waals surface area (Å²) in [5.74, 6) is 0.0705. The van der Waals surface area contributed by atoms with E-state index in [1.54, 1.807) is 41.7 Å². The maximum atomic E-state index is 13.5. The van der Waals surface area contributed by atoms with Gasteiger partial charge < -0.3 is 21.1 Å². The Balaban J connectivity index is 1.30. The van der Waals surface area contributed by atoms with E-state index in [1.807, 2.05) is 29.6 Å². The molecule has 36 heavy (non-hydrogen) atoms. The van der Waals surface area contributed by atoms with E-state index in [-0.39, 0.29) is 17.5 Å². The van der Waals surface area contributed by atoms with Gasteiger partial charge in [0.2, 0.25) is 0 Å². The molecule has 0 saturated heterocycles. The molecule has 0 spiro atoms. The second-order valence-corrected chi connectivity index (χ2v) is 9.13. The number of amides is 1. The third kappa shape index (κ3) is 5.22. The zero-order valence-electron chi connectivity index (χ0n) is 18.7. The van der Waals surface area contributed by atoms with Crippen molar-refractivity contribution >= 4 is 62.6 Å². The van der Waals surface area contributed by atoms with Crippen LogP contribution in [0.2, 0.25) is 5.02 Å². The Labute approximate surface area is 214 Å². The standard InChI is InChI=1S/C26H19ClFN5O2S/c27-19-11-16(4-6-20(19)28)32-26-18-12-17(5-8-22(18)30-14-31-26)35-13-25(34)33-23-10-15(3-7-21(23)29)24-2-1-9-36-24/h1-12,14H,13,29H2,(H,33,34)(H,30,31,32). The zero-order chi connectivity index (χ0) is 25.1. The average molecular weight is 520 g/mol. The number of nitrogens with zero attached hydrogens (tertiary/aromatic N) is 2. The van der Waals surface area contributed by atoms with E-state index < -0.39 is 5.82 Å². The minimum atomic E-state index is -0.510. The molecular weight excluding hydrogens is 501 g/mol. The molecular formula is C26H19ClFN5O2S. The van der Waals surface area contributed by atoms with Crippen molar-refractivity contribution < 1.29 is 13.9 Å². The molecule has 2 heterocycles. The quantitative estimate of drug-likeness (QED) is 0.212. The summed E-state index contributed by atoms with van der Waals surface area (Å²) in [4.78, 5) is 22.2. The van der Waals surface area contributed by atoms with Gasteiger partial charge in [0.25, 0.3) is 5.91 Å². The molecule has 0 aliphatic rings. The molecule has 0 atom stereocenters. The van der Waals surface area contributed by atoms with Crippen LogP contribution in [0.25, 0.3) is 21.3 Å². The van der Waals surface area contributed by atoms with Crippen molar-refractivity contribution in [2.24, 2.45) is 0 Å².